The predicted octanol–water partition coefficient (Wildman–Crippen LogP) is 2.68. The summed E-state index contributed by atoms with van der Waals surface area (Å²) >= 11 is 0. The molecule has 0 aliphatic carbocycles. The molecule has 2 saturated heterocycles. The molecule has 0 atom stereocenters. The monoisotopic (exact) mass is 343 g/mol. The standard InChI is InChI=1S/C21H33N3O/c1-18(25)24-16-11-21(12-17-24)22-20-9-14-23(15-10-20)13-5-8-19-6-3-2-4-7-19/h2-4,6-7,20-22H,5,8-17H2,1H3. The average molecular weight is 344 g/mol. The molecule has 0 unspecified atom stereocenters. The van der Waals surface area contributed by atoms with Gasteiger partial charge in [-0.2, -0.15) is 0 Å². The zero-order valence-corrected chi connectivity index (χ0v) is 15.6. The van der Waals surface area contributed by atoms with Crippen molar-refractivity contribution in [2.75, 3.05) is 32.7 Å². The maximum atomic E-state index is 11.4. The third kappa shape index (κ3) is 5.82. The maximum Gasteiger partial charge on any atom is 0.219 e. The van der Waals surface area contributed by atoms with Crippen molar-refractivity contribution in [3.05, 3.63) is 35.9 Å². The molecule has 0 spiro atoms. The number of benzene rings is 1. The zero-order chi connectivity index (χ0) is 17.5. The quantitative estimate of drug-likeness (QED) is 0.863. The highest BCUT2D eigenvalue weighted by Crippen LogP contribution is 2.16. The van der Waals surface area contributed by atoms with Crippen LogP contribution in [0.5, 0.6) is 0 Å². The van der Waals surface area contributed by atoms with Crippen molar-refractivity contribution in [3.8, 4) is 0 Å². The fourth-order valence-electron chi connectivity index (χ4n) is 4.17. The van der Waals surface area contributed by atoms with Crippen LogP contribution in [0.15, 0.2) is 30.3 Å². The average Bonchev–Trinajstić information content (AvgIpc) is 2.64. The number of aryl methyl sites for hydroxylation is 1. The van der Waals surface area contributed by atoms with Crippen LogP contribution in [0, 0.1) is 0 Å². The summed E-state index contributed by atoms with van der Waals surface area (Å²) in [5, 5.41) is 3.86. The van der Waals surface area contributed by atoms with Crippen LogP contribution in [0.25, 0.3) is 0 Å². The third-order valence-electron chi connectivity index (χ3n) is 5.78. The lowest BCUT2D eigenvalue weighted by molar-refractivity contribution is -0.129. The molecule has 25 heavy (non-hydrogen) atoms. The Balaban J connectivity index is 1.29. The molecule has 1 N–H and O–H groups in total. The van der Waals surface area contributed by atoms with Gasteiger partial charge in [0.25, 0.3) is 0 Å². The van der Waals surface area contributed by atoms with Crippen LogP contribution in [-0.4, -0.2) is 60.5 Å². The highest BCUT2D eigenvalue weighted by atomic mass is 16.2. The van der Waals surface area contributed by atoms with Crippen LogP contribution < -0.4 is 5.32 Å². The van der Waals surface area contributed by atoms with Gasteiger partial charge in [0.05, 0.1) is 0 Å². The smallest absolute Gasteiger partial charge is 0.219 e. The van der Waals surface area contributed by atoms with E-state index in [2.05, 4.69) is 40.5 Å². The molecule has 4 heteroatoms. The number of hydrogen-bond donors (Lipinski definition) is 1. The number of carbonyl (C=O) groups is 1. The maximum absolute atomic E-state index is 11.4. The van der Waals surface area contributed by atoms with Gasteiger partial charge in [0.15, 0.2) is 0 Å². The van der Waals surface area contributed by atoms with E-state index in [4.69, 9.17) is 0 Å². The van der Waals surface area contributed by atoms with Crippen LogP contribution in [0.1, 0.15) is 44.6 Å². The zero-order valence-electron chi connectivity index (χ0n) is 15.6. The fourth-order valence-corrected chi connectivity index (χ4v) is 4.17. The van der Waals surface area contributed by atoms with Crippen LogP contribution >= 0.6 is 0 Å². The summed E-state index contributed by atoms with van der Waals surface area (Å²) in [4.78, 5) is 16.0. The highest BCUT2D eigenvalue weighted by Gasteiger charge is 2.25. The van der Waals surface area contributed by atoms with Crippen LogP contribution in [0.2, 0.25) is 0 Å². The number of hydrogen-bond acceptors (Lipinski definition) is 3. The Labute approximate surface area is 152 Å². The first-order valence-corrected chi connectivity index (χ1v) is 9.98. The minimum atomic E-state index is 0.224. The summed E-state index contributed by atoms with van der Waals surface area (Å²) in [6.07, 6.45) is 7.18. The van der Waals surface area contributed by atoms with Gasteiger partial charge in [0, 0.05) is 32.1 Å². The molecule has 3 rings (SSSR count). The van der Waals surface area contributed by atoms with Gasteiger partial charge < -0.3 is 15.1 Å². The Morgan fingerprint density at radius 1 is 1.00 bits per heavy atom. The molecule has 1 aromatic rings. The van der Waals surface area contributed by atoms with E-state index >= 15 is 0 Å². The van der Waals surface area contributed by atoms with Crippen molar-refractivity contribution in [2.24, 2.45) is 0 Å². The van der Waals surface area contributed by atoms with E-state index in [-0.39, 0.29) is 5.91 Å². The summed E-state index contributed by atoms with van der Waals surface area (Å²) in [6, 6.07) is 12.1. The molecule has 2 heterocycles. The Morgan fingerprint density at radius 3 is 2.20 bits per heavy atom. The Kier molecular flexibility index (Phi) is 6.88. The SMILES string of the molecule is CC(=O)N1CCC(NC2CCN(CCCc3ccccc3)CC2)CC1. The van der Waals surface area contributed by atoms with Gasteiger partial charge in [-0.05, 0) is 63.7 Å². The highest BCUT2D eigenvalue weighted by molar-refractivity contribution is 5.73. The predicted molar refractivity (Wildman–Crippen MR) is 103 cm³/mol. The first kappa shape index (κ1) is 18.4. The van der Waals surface area contributed by atoms with Crippen LogP contribution in [0.4, 0.5) is 0 Å². The lowest BCUT2D eigenvalue weighted by Crippen LogP contribution is -2.50. The molecule has 0 radical (unpaired) electrons. The number of nitrogens with zero attached hydrogens (tertiary/aromatic N) is 2. The van der Waals surface area contributed by atoms with Crippen molar-refractivity contribution >= 4 is 5.91 Å². The number of amides is 1. The number of carbonyl (C=O) groups excluding carboxylic acids is 1. The van der Waals surface area contributed by atoms with Gasteiger partial charge in [-0.1, -0.05) is 30.3 Å². The molecule has 2 aliphatic rings. The van der Waals surface area contributed by atoms with Crippen LogP contribution in [-0.2, 0) is 11.2 Å². The number of piperidine rings is 2. The van der Waals surface area contributed by atoms with E-state index in [0.29, 0.717) is 12.1 Å². The summed E-state index contributed by atoms with van der Waals surface area (Å²) in [6.45, 7) is 7.19. The topological polar surface area (TPSA) is 35.6 Å². The largest absolute Gasteiger partial charge is 0.343 e. The summed E-state index contributed by atoms with van der Waals surface area (Å²) in [5.74, 6) is 0.224. The number of likely N-dealkylation sites (tertiary alicyclic amines) is 2. The van der Waals surface area contributed by atoms with E-state index < -0.39 is 0 Å². The first-order chi connectivity index (χ1) is 12.2. The second kappa shape index (κ2) is 9.35. The molecule has 2 aliphatic heterocycles. The number of rotatable bonds is 6. The fraction of sp³-hybridized carbons (Fsp3) is 0.667. The van der Waals surface area contributed by atoms with Gasteiger partial charge in [0.1, 0.15) is 0 Å². The molecule has 4 nitrogen and oxygen atoms in total. The molecule has 1 aromatic carbocycles. The summed E-state index contributed by atoms with van der Waals surface area (Å²) in [5.41, 5.74) is 1.45. The van der Waals surface area contributed by atoms with E-state index in [1.165, 1.54) is 50.9 Å². The Bertz CT molecular complexity index is 517. The minimum Gasteiger partial charge on any atom is -0.343 e. The van der Waals surface area contributed by atoms with Crippen molar-refractivity contribution in [1.29, 1.82) is 0 Å². The van der Waals surface area contributed by atoms with E-state index in [0.717, 1.165) is 25.9 Å². The number of nitrogens with one attached hydrogen (secondary N) is 1. The minimum absolute atomic E-state index is 0.224. The second-order valence-electron chi connectivity index (χ2n) is 7.65. The molecular weight excluding hydrogens is 310 g/mol. The van der Waals surface area contributed by atoms with Gasteiger partial charge >= 0.3 is 0 Å². The molecule has 1 amide bonds. The van der Waals surface area contributed by atoms with Gasteiger partial charge in [-0.15, -0.1) is 0 Å². The first-order valence-electron chi connectivity index (χ1n) is 9.98. The van der Waals surface area contributed by atoms with Crippen LogP contribution in [0.3, 0.4) is 0 Å². The third-order valence-corrected chi connectivity index (χ3v) is 5.78. The lowest BCUT2D eigenvalue weighted by Gasteiger charge is -2.37. The Morgan fingerprint density at radius 2 is 1.60 bits per heavy atom. The van der Waals surface area contributed by atoms with Gasteiger partial charge in [-0.25, -0.2) is 0 Å². The summed E-state index contributed by atoms with van der Waals surface area (Å²) < 4.78 is 0. The van der Waals surface area contributed by atoms with E-state index in [1.54, 1.807) is 6.92 Å². The van der Waals surface area contributed by atoms with E-state index in [1.807, 2.05) is 4.90 Å². The Hall–Kier alpha value is -1.39. The lowest BCUT2D eigenvalue weighted by atomic mass is 9.99. The molecule has 0 aromatic heterocycles. The molecule has 0 bridgehead atoms. The van der Waals surface area contributed by atoms with Gasteiger partial charge in [-0.3, -0.25) is 4.79 Å². The molecular formula is C21H33N3O. The van der Waals surface area contributed by atoms with Crippen molar-refractivity contribution in [2.45, 2.75) is 57.5 Å². The molecule has 138 valence electrons. The molecule has 0 saturated carbocycles. The second-order valence-corrected chi connectivity index (χ2v) is 7.65. The van der Waals surface area contributed by atoms with Crippen molar-refractivity contribution < 1.29 is 4.79 Å². The molecule has 2 fully saturated rings. The van der Waals surface area contributed by atoms with Gasteiger partial charge in [0.2, 0.25) is 5.91 Å². The van der Waals surface area contributed by atoms with E-state index in [9.17, 15) is 4.79 Å². The van der Waals surface area contributed by atoms with Crippen molar-refractivity contribution in [1.82, 2.24) is 15.1 Å². The normalized spacial score (nSPS) is 20.8. The van der Waals surface area contributed by atoms with Crippen molar-refractivity contribution in [3.63, 3.8) is 0 Å². The summed E-state index contributed by atoms with van der Waals surface area (Å²) in [7, 11) is 0.